The lowest BCUT2D eigenvalue weighted by Crippen LogP contribution is -2.20. The van der Waals surface area contributed by atoms with Crippen molar-refractivity contribution >= 4 is 45.2 Å². The average Bonchev–Trinajstić information content (AvgIpc) is 2.79. The van der Waals surface area contributed by atoms with Crippen LogP contribution in [0, 0.1) is 18.3 Å². The third kappa shape index (κ3) is 6.30. The molecule has 160 valence electrons. The van der Waals surface area contributed by atoms with E-state index in [0.717, 1.165) is 11.3 Å². The van der Waals surface area contributed by atoms with E-state index in [4.69, 9.17) is 4.74 Å². The van der Waals surface area contributed by atoms with Gasteiger partial charge in [0.1, 0.15) is 17.4 Å². The van der Waals surface area contributed by atoms with Crippen LogP contribution in [0.2, 0.25) is 0 Å². The Morgan fingerprint density at radius 3 is 2.44 bits per heavy atom. The van der Waals surface area contributed by atoms with Gasteiger partial charge in [-0.1, -0.05) is 42.5 Å². The first-order valence-corrected chi connectivity index (χ1v) is 10.5. The first-order valence-electron chi connectivity index (χ1n) is 9.72. The molecule has 0 saturated heterocycles. The number of nitrogens with one attached hydrogen (secondary N) is 2. The Hall–Kier alpha value is -3.89. The maximum Gasteiger partial charge on any atom is 0.266 e. The minimum absolute atomic E-state index is 0.0352. The van der Waals surface area contributed by atoms with Crippen LogP contribution in [0.25, 0.3) is 6.08 Å². The molecule has 2 amide bonds. The van der Waals surface area contributed by atoms with Gasteiger partial charge in [0.2, 0.25) is 0 Å². The summed E-state index contributed by atoms with van der Waals surface area (Å²) in [6.45, 7) is 1.75. The van der Waals surface area contributed by atoms with Crippen molar-refractivity contribution in [1.82, 2.24) is 0 Å². The van der Waals surface area contributed by atoms with Gasteiger partial charge in [-0.3, -0.25) is 9.59 Å². The molecular weight excluding hydrogens is 470 g/mol. The molecule has 0 fully saturated rings. The zero-order chi connectivity index (χ0) is 22.9. The number of ether oxygens (including phenoxy) is 1. The molecule has 0 radical (unpaired) electrons. The van der Waals surface area contributed by atoms with Crippen LogP contribution in [0.5, 0.6) is 5.75 Å². The first kappa shape index (κ1) is 22.8. The predicted molar refractivity (Wildman–Crippen MR) is 128 cm³/mol. The topological polar surface area (TPSA) is 91.2 Å². The van der Waals surface area contributed by atoms with Gasteiger partial charge in [0, 0.05) is 11.4 Å². The summed E-state index contributed by atoms with van der Waals surface area (Å²) < 4.78 is 6.19. The van der Waals surface area contributed by atoms with E-state index in [1.807, 2.05) is 43.3 Å². The Bertz CT molecular complexity index is 1200. The average molecular weight is 490 g/mol. The van der Waals surface area contributed by atoms with Gasteiger partial charge in [0.05, 0.1) is 4.47 Å². The van der Waals surface area contributed by atoms with Crippen molar-refractivity contribution in [2.75, 3.05) is 17.2 Å². The Balaban J connectivity index is 1.63. The van der Waals surface area contributed by atoms with E-state index < -0.39 is 5.91 Å². The number of amides is 2. The normalized spacial score (nSPS) is 10.7. The number of nitrogens with zero attached hydrogens (tertiary/aromatic N) is 1. The standard InChI is InChI=1S/C25H20BrN3O3/c1-17-7-5-6-10-22(17)29-24(30)16-32-23-12-11-18(14-21(23)26)13-19(15-27)25(31)28-20-8-3-2-4-9-20/h2-14H,16H2,1H3,(H,28,31)(H,29,30)/b19-13+. The molecule has 6 nitrogen and oxygen atoms in total. The molecule has 7 heteroatoms. The lowest BCUT2D eigenvalue weighted by Gasteiger charge is -2.11. The highest BCUT2D eigenvalue weighted by Crippen LogP contribution is 2.27. The largest absolute Gasteiger partial charge is 0.483 e. The highest BCUT2D eigenvalue weighted by atomic mass is 79.9. The molecule has 2 N–H and O–H groups in total. The van der Waals surface area contributed by atoms with Gasteiger partial charge < -0.3 is 15.4 Å². The van der Waals surface area contributed by atoms with Crippen LogP contribution >= 0.6 is 15.9 Å². The lowest BCUT2D eigenvalue weighted by atomic mass is 10.1. The zero-order valence-electron chi connectivity index (χ0n) is 17.3. The van der Waals surface area contributed by atoms with Gasteiger partial charge in [0.15, 0.2) is 6.61 Å². The molecule has 0 atom stereocenters. The molecule has 0 heterocycles. The molecule has 32 heavy (non-hydrogen) atoms. The number of carbonyl (C=O) groups is 2. The predicted octanol–water partition coefficient (Wildman–Crippen LogP) is 5.32. The molecule has 0 aliphatic rings. The summed E-state index contributed by atoms with van der Waals surface area (Å²) in [5.74, 6) is -0.308. The monoisotopic (exact) mass is 489 g/mol. The molecule has 3 rings (SSSR count). The van der Waals surface area contributed by atoms with E-state index in [1.54, 1.807) is 42.5 Å². The summed E-state index contributed by atoms with van der Waals surface area (Å²) in [5, 5.41) is 14.9. The SMILES string of the molecule is Cc1ccccc1NC(=O)COc1ccc(/C=C(\C#N)C(=O)Nc2ccccc2)cc1Br. The van der Waals surface area contributed by atoms with E-state index in [-0.39, 0.29) is 18.1 Å². The Morgan fingerprint density at radius 1 is 1.03 bits per heavy atom. The van der Waals surface area contributed by atoms with Crippen molar-refractivity contribution in [1.29, 1.82) is 5.26 Å². The molecule has 0 spiro atoms. The van der Waals surface area contributed by atoms with Crippen LogP contribution in [0.1, 0.15) is 11.1 Å². The van der Waals surface area contributed by atoms with Crippen molar-refractivity contribution in [2.45, 2.75) is 6.92 Å². The van der Waals surface area contributed by atoms with Crippen LogP contribution in [-0.4, -0.2) is 18.4 Å². The number of hydrogen-bond donors (Lipinski definition) is 2. The van der Waals surface area contributed by atoms with Gasteiger partial charge in [0.25, 0.3) is 11.8 Å². The summed E-state index contributed by atoms with van der Waals surface area (Å²) >= 11 is 3.41. The van der Waals surface area contributed by atoms with E-state index in [0.29, 0.717) is 21.5 Å². The van der Waals surface area contributed by atoms with Gasteiger partial charge in [-0.05, 0) is 70.4 Å². The molecule has 0 saturated carbocycles. The number of nitriles is 1. The summed E-state index contributed by atoms with van der Waals surface area (Å²) in [4.78, 5) is 24.6. The fourth-order valence-corrected chi connectivity index (χ4v) is 3.31. The van der Waals surface area contributed by atoms with Crippen molar-refractivity contribution in [2.24, 2.45) is 0 Å². The number of carbonyl (C=O) groups excluding carboxylic acids is 2. The lowest BCUT2D eigenvalue weighted by molar-refractivity contribution is -0.118. The quantitative estimate of drug-likeness (QED) is 0.347. The van der Waals surface area contributed by atoms with Crippen molar-refractivity contribution in [3.8, 4) is 11.8 Å². The van der Waals surface area contributed by atoms with Crippen LogP contribution in [-0.2, 0) is 9.59 Å². The fourth-order valence-electron chi connectivity index (χ4n) is 2.80. The molecule has 0 bridgehead atoms. The summed E-state index contributed by atoms with van der Waals surface area (Å²) in [6, 6.07) is 23.4. The first-order chi connectivity index (χ1) is 15.5. The van der Waals surface area contributed by atoms with Crippen molar-refractivity contribution in [3.05, 3.63) is 94.0 Å². The third-order valence-electron chi connectivity index (χ3n) is 4.44. The zero-order valence-corrected chi connectivity index (χ0v) is 18.8. The number of anilines is 2. The minimum Gasteiger partial charge on any atom is -0.483 e. The number of benzene rings is 3. The second-order valence-corrected chi connectivity index (χ2v) is 7.69. The molecule has 3 aromatic rings. The summed E-state index contributed by atoms with van der Waals surface area (Å²) in [5.41, 5.74) is 2.90. The smallest absolute Gasteiger partial charge is 0.266 e. The maximum absolute atomic E-state index is 12.4. The molecule has 0 aliphatic heterocycles. The molecular formula is C25H20BrN3O3. The van der Waals surface area contributed by atoms with Crippen LogP contribution in [0.15, 0.2) is 82.8 Å². The minimum atomic E-state index is -0.497. The summed E-state index contributed by atoms with van der Waals surface area (Å²) in [6.07, 6.45) is 1.48. The Kier molecular flexibility index (Phi) is 7.79. The third-order valence-corrected chi connectivity index (χ3v) is 5.06. The van der Waals surface area contributed by atoms with Crippen molar-refractivity contribution in [3.63, 3.8) is 0 Å². The Labute approximate surface area is 194 Å². The van der Waals surface area contributed by atoms with E-state index in [2.05, 4.69) is 26.6 Å². The van der Waals surface area contributed by atoms with Gasteiger partial charge in [-0.25, -0.2) is 0 Å². The number of hydrogen-bond acceptors (Lipinski definition) is 4. The molecule has 3 aromatic carbocycles. The highest BCUT2D eigenvalue weighted by molar-refractivity contribution is 9.10. The Morgan fingerprint density at radius 2 is 1.75 bits per heavy atom. The molecule has 0 aliphatic carbocycles. The molecule has 0 aromatic heterocycles. The number of para-hydroxylation sites is 2. The van der Waals surface area contributed by atoms with Crippen LogP contribution < -0.4 is 15.4 Å². The van der Waals surface area contributed by atoms with Gasteiger partial charge >= 0.3 is 0 Å². The van der Waals surface area contributed by atoms with E-state index in [1.165, 1.54) is 6.08 Å². The van der Waals surface area contributed by atoms with Crippen molar-refractivity contribution < 1.29 is 14.3 Å². The van der Waals surface area contributed by atoms with E-state index in [9.17, 15) is 14.9 Å². The maximum atomic E-state index is 12.4. The second-order valence-electron chi connectivity index (χ2n) is 6.83. The summed E-state index contributed by atoms with van der Waals surface area (Å²) in [7, 11) is 0. The molecule has 0 unspecified atom stereocenters. The fraction of sp³-hybridized carbons (Fsp3) is 0.0800. The van der Waals surface area contributed by atoms with Crippen LogP contribution in [0.3, 0.4) is 0 Å². The van der Waals surface area contributed by atoms with E-state index >= 15 is 0 Å². The number of aryl methyl sites for hydroxylation is 1. The van der Waals surface area contributed by atoms with Gasteiger partial charge in [-0.15, -0.1) is 0 Å². The van der Waals surface area contributed by atoms with Crippen LogP contribution in [0.4, 0.5) is 11.4 Å². The highest BCUT2D eigenvalue weighted by Gasteiger charge is 2.11. The number of rotatable bonds is 7. The van der Waals surface area contributed by atoms with Gasteiger partial charge in [-0.2, -0.15) is 5.26 Å². The second kappa shape index (κ2) is 10.9. The number of halogens is 1.